The number of piperidine rings is 1. The largest absolute Gasteiger partial charge is 0.369 e. The van der Waals surface area contributed by atoms with Gasteiger partial charge in [-0.2, -0.15) is 0 Å². The SMILES string of the molecule is Cc1nccnc1C1CC2(CC(C)N1)OCCc1cc(Cl)sc12. The van der Waals surface area contributed by atoms with Gasteiger partial charge in [-0.3, -0.25) is 9.97 Å². The molecule has 0 aliphatic carbocycles. The highest BCUT2D eigenvalue weighted by molar-refractivity contribution is 7.16. The summed E-state index contributed by atoms with van der Waals surface area (Å²) in [6.07, 6.45) is 6.31. The molecule has 1 spiro atoms. The molecule has 0 amide bonds. The van der Waals surface area contributed by atoms with Crippen LogP contribution in [-0.2, 0) is 16.8 Å². The number of rotatable bonds is 1. The molecular weight excluding hydrogens is 330 g/mol. The van der Waals surface area contributed by atoms with Gasteiger partial charge < -0.3 is 10.1 Å². The molecule has 2 aliphatic rings. The van der Waals surface area contributed by atoms with Crippen LogP contribution in [0.5, 0.6) is 0 Å². The van der Waals surface area contributed by atoms with Crippen molar-refractivity contribution in [2.45, 2.75) is 50.8 Å². The highest BCUT2D eigenvalue weighted by Crippen LogP contribution is 2.49. The van der Waals surface area contributed by atoms with Gasteiger partial charge in [0.15, 0.2) is 0 Å². The third-order valence-electron chi connectivity index (χ3n) is 4.85. The van der Waals surface area contributed by atoms with E-state index in [0.717, 1.165) is 41.6 Å². The molecule has 0 saturated carbocycles. The first kappa shape index (κ1) is 15.5. The molecule has 2 aromatic rings. The zero-order chi connectivity index (χ0) is 16.0. The fourth-order valence-electron chi connectivity index (χ4n) is 4.00. The predicted octanol–water partition coefficient (Wildman–Crippen LogP) is 3.78. The third-order valence-corrected chi connectivity index (χ3v) is 6.34. The van der Waals surface area contributed by atoms with Crippen LogP contribution in [0.1, 0.15) is 47.6 Å². The minimum atomic E-state index is -0.245. The molecule has 2 aliphatic heterocycles. The number of fused-ring (bicyclic) bond motifs is 2. The Kier molecular flexibility index (Phi) is 3.92. The maximum absolute atomic E-state index is 6.37. The van der Waals surface area contributed by atoms with Gasteiger partial charge >= 0.3 is 0 Å². The number of ether oxygens (including phenoxy) is 1. The van der Waals surface area contributed by atoms with Gasteiger partial charge in [0.2, 0.25) is 0 Å². The topological polar surface area (TPSA) is 47.0 Å². The van der Waals surface area contributed by atoms with E-state index in [1.54, 1.807) is 23.7 Å². The van der Waals surface area contributed by atoms with E-state index in [4.69, 9.17) is 16.3 Å². The van der Waals surface area contributed by atoms with Crippen LogP contribution in [0.4, 0.5) is 0 Å². The molecule has 1 saturated heterocycles. The molecule has 2 aromatic heterocycles. The quantitative estimate of drug-likeness (QED) is 0.851. The van der Waals surface area contributed by atoms with Crippen LogP contribution < -0.4 is 5.32 Å². The number of aryl methyl sites for hydroxylation is 1. The monoisotopic (exact) mass is 349 g/mol. The van der Waals surface area contributed by atoms with Gasteiger partial charge in [0.25, 0.3) is 0 Å². The molecule has 3 atom stereocenters. The van der Waals surface area contributed by atoms with Gasteiger partial charge in [0.05, 0.1) is 28.4 Å². The van der Waals surface area contributed by atoms with Crippen LogP contribution in [0, 0.1) is 6.92 Å². The van der Waals surface area contributed by atoms with Gasteiger partial charge in [-0.15, -0.1) is 11.3 Å². The van der Waals surface area contributed by atoms with Gasteiger partial charge in [-0.05, 0) is 38.3 Å². The normalized spacial score (nSPS) is 30.4. The lowest BCUT2D eigenvalue weighted by molar-refractivity contribution is -0.0958. The first-order valence-electron chi connectivity index (χ1n) is 8.03. The Hall–Kier alpha value is -1.01. The molecule has 122 valence electrons. The molecule has 0 radical (unpaired) electrons. The fraction of sp³-hybridized carbons (Fsp3) is 0.529. The van der Waals surface area contributed by atoms with Crippen molar-refractivity contribution >= 4 is 22.9 Å². The minimum absolute atomic E-state index is 0.152. The van der Waals surface area contributed by atoms with Gasteiger partial charge in [0.1, 0.15) is 5.60 Å². The van der Waals surface area contributed by atoms with Crippen LogP contribution >= 0.6 is 22.9 Å². The number of aromatic nitrogens is 2. The summed E-state index contributed by atoms with van der Waals surface area (Å²) >= 11 is 7.97. The van der Waals surface area contributed by atoms with E-state index in [1.807, 2.05) is 6.92 Å². The second-order valence-corrected chi connectivity index (χ2v) is 8.24. The van der Waals surface area contributed by atoms with E-state index < -0.39 is 0 Å². The summed E-state index contributed by atoms with van der Waals surface area (Å²) < 4.78 is 7.23. The lowest BCUT2D eigenvalue weighted by Crippen LogP contribution is -2.50. The predicted molar refractivity (Wildman–Crippen MR) is 92.0 cm³/mol. The molecule has 4 heterocycles. The van der Waals surface area contributed by atoms with Crippen LogP contribution in [0.15, 0.2) is 18.5 Å². The average Bonchev–Trinajstić information content (AvgIpc) is 2.89. The van der Waals surface area contributed by atoms with Crippen molar-refractivity contribution in [3.63, 3.8) is 0 Å². The number of nitrogens with one attached hydrogen (secondary N) is 1. The zero-order valence-electron chi connectivity index (χ0n) is 13.3. The summed E-state index contributed by atoms with van der Waals surface area (Å²) in [6, 6.07) is 2.61. The van der Waals surface area contributed by atoms with Crippen molar-refractivity contribution in [3.8, 4) is 0 Å². The summed E-state index contributed by atoms with van der Waals surface area (Å²) in [4.78, 5) is 10.3. The van der Waals surface area contributed by atoms with E-state index in [2.05, 4.69) is 28.3 Å². The van der Waals surface area contributed by atoms with Gasteiger partial charge in [-0.25, -0.2) is 0 Å². The molecule has 23 heavy (non-hydrogen) atoms. The maximum Gasteiger partial charge on any atom is 0.106 e. The van der Waals surface area contributed by atoms with E-state index in [-0.39, 0.29) is 11.6 Å². The number of halogens is 1. The minimum Gasteiger partial charge on any atom is -0.369 e. The van der Waals surface area contributed by atoms with Gasteiger partial charge in [0, 0.05) is 29.7 Å². The summed E-state index contributed by atoms with van der Waals surface area (Å²) in [7, 11) is 0. The van der Waals surface area contributed by atoms with Crippen LogP contribution in [0.2, 0.25) is 4.34 Å². The first-order chi connectivity index (χ1) is 11.1. The van der Waals surface area contributed by atoms with Gasteiger partial charge in [-0.1, -0.05) is 11.6 Å². The second-order valence-electron chi connectivity index (χ2n) is 6.55. The molecule has 4 rings (SSSR count). The Balaban J connectivity index is 1.74. The Morgan fingerprint density at radius 1 is 1.35 bits per heavy atom. The Morgan fingerprint density at radius 2 is 2.17 bits per heavy atom. The first-order valence-corrected chi connectivity index (χ1v) is 9.23. The molecule has 3 unspecified atom stereocenters. The summed E-state index contributed by atoms with van der Waals surface area (Å²) in [5.41, 5.74) is 3.12. The zero-order valence-corrected chi connectivity index (χ0v) is 14.9. The summed E-state index contributed by atoms with van der Waals surface area (Å²) in [5.74, 6) is 0. The fourth-order valence-corrected chi connectivity index (χ4v) is 5.46. The van der Waals surface area contributed by atoms with Crippen molar-refractivity contribution in [2.75, 3.05) is 6.61 Å². The number of thiophene rings is 1. The lowest BCUT2D eigenvalue weighted by atomic mass is 9.79. The van der Waals surface area contributed by atoms with Crippen LogP contribution in [0.3, 0.4) is 0 Å². The highest BCUT2D eigenvalue weighted by atomic mass is 35.5. The molecule has 0 aromatic carbocycles. The molecule has 1 fully saturated rings. The van der Waals surface area contributed by atoms with Crippen molar-refractivity contribution < 1.29 is 4.74 Å². The van der Waals surface area contributed by atoms with E-state index in [9.17, 15) is 0 Å². The number of hydrogen-bond acceptors (Lipinski definition) is 5. The lowest BCUT2D eigenvalue weighted by Gasteiger charge is -2.46. The summed E-state index contributed by atoms with van der Waals surface area (Å²) in [6.45, 7) is 5.00. The second kappa shape index (κ2) is 5.81. The standard InChI is InChI=1S/C17H20ClN3OS/c1-10-8-17(16-12(3-6-22-17)7-14(18)23-16)9-13(21-10)15-11(2)19-4-5-20-15/h4-5,7,10,13,21H,3,6,8-9H2,1-2H3. The molecule has 6 heteroatoms. The molecular formula is C17H20ClN3OS. The smallest absolute Gasteiger partial charge is 0.106 e. The highest BCUT2D eigenvalue weighted by Gasteiger charge is 2.46. The van der Waals surface area contributed by atoms with Crippen molar-refractivity contribution in [3.05, 3.63) is 44.6 Å². The number of hydrogen-bond donors (Lipinski definition) is 1. The third kappa shape index (κ3) is 2.70. The van der Waals surface area contributed by atoms with E-state index >= 15 is 0 Å². The van der Waals surface area contributed by atoms with Crippen molar-refractivity contribution in [1.82, 2.24) is 15.3 Å². The molecule has 4 nitrogen and oxygen atoms in total. The Morgan fingerprint density at radius 3 is 3.00 bits per heavy atom. The van der Waals surface area contributed by atoms with Crippen LogP contribution in [-0.4, -0.2) is 22.6 Å². The Labute approximate surface area is 145 Å². The summed E-state index contributed by atoms with van der Waals surface area (Å²) in [5, 5.41) is 3.67. The average molecular weight is 350 g/mol. The van der Waals surface area contributed by atoms with Crippen molar-refractivity contribution in [1.29, 1.82) is 0 Å². The molecule has 1 N–H and O–H groups in total. The van der Waals surface area contributed by atoms with E-state index in [1.165, 1.54) is 10.4 Å². The van der Waals surface area contributed by atoms with E-state index in [0.29, 0.717) is 6.04 Å². The number of nitrogens with zero attached hydrogens (tertiary/aromatic N) is 2. The maximum atomic E-state index is 6.37. The van der Waals surface area contributed by atoms with Crippen LogP contribution in [0.25, 0.3) is 0 Å². The van der Waals surface area contributed by atoms with Crippen molar-refractivity contribution in [2.24, 2.45) is 0 Å². The Bertz CT molecular complexity index is 734. The molecule has 0 bridgehead atoms.